The maximum Gasteiger partial charge on any atom is 0.0639 e. The number of likely N-dealkylation sites (N-methyl/N-ethyl adjacent to an activating group) is 1. The van der Waals surface area contributed by atoms with Gasteiger partial charge in [-0.1, -0.05) is 0 Å². The minimum absolute atomic E-state index is 0.256. The summed E-state index contributed by atoms with van der Waals surface area (Å²) in [5.74, 6) is 0. The molecule has 0 unspecified atom stereocenters. The molecule has 13 heavy (non-hydrogen) atoms. The zero-order valence-corrected chi connectivity index (χ0v) is 10.2. The molecule has 1 aromatic rings. The van der Waals surface area contributed by atoms with Crippen molar-refractivity contribution in [3.63, 3.8) is 0 Å². The van der Waals surface area contributed by atoms with Gasteiger partial charge in [-0.2, -0.15) is 0 Å². The van der Waals surface area contributed by atoms with E-state index >= 15 is 0 Å². The molecule has 0 aliphatic carbocycles. The van der Waals surface area contributed by atoms with Gasteiger partial charge in [0, 0.05) is 27.8 Å². The Morgan fingerprint density at radius 3 is 2.85 bits per heavy atom. The van der Waals surface area contributed by atoms with E-state index in [4.69, 9.17) is 5.11 Å². The van der Waals surface area contributed by atoms with E-state index in [9.17, 15) is 0 Å². The fourth-order valence-electron chi connectivity index (χ4n) is 1.22. The Hall–Kier alpha value is 0.1000. The standard InChI is InChI=1S/C9H14BrNOS/c1-7(12)4-11(2)5-9-3-8(10)6-13-9/h3,6-7,12H,4-5H2,1-2H3/t7-/m1/s1. The van der Waals surface area contributed by atoms with Crippen LogP contribution in [-0.4, -0.2) is 29.7 Å². The number of rotatable bonds is 4. The third-order valence-electron chi connectivity index (χ3n) is 1.62. The van der Waals surface area contributed by atoms with Crippen LogP contribution in [0.5, 0.6) is 0 Å². The summed E-state index contributed by atoms with van der Waals surface area (Å²) < 4.78 is 1.14. The van der Waals surface area contributed by atoms with Gasteiger partial charge in [0.15, 0.2) is 0 Å². The molecule has 0 aromatic carbocycles. The molecule has 1 aromatic heterocycles. The number of thiophene rings is 1. The summed E-state index contributed by atoms with van der Waals surface area (Å²) >= 11 is 5.15. The smallest absolute Gasteiger partial charge is 0.0639 e. The number of hydrogen-bond donors (Lipinski definition) is 1. The van der Waals surface area contributed by atoms with Crippen molar-refractivity contribution in [1.82, 2.24) is 4.90 Å². The van der Waals surface area contributed by atoms with Gasteiger partial charge >= 0.3 is 0 Å². The van der Waals surface area contributed by atoms with Gasteiger partial charge in [-0.05, 0) is 36.0 Å². The molecule has 0 saturated heterocycles. The van der Waals surface area contributed by atoms with Gasteiger partial charge in [-0.15, -0.1) is 11.3 Å². The van der Waals surface area contributed by atoms with Crippen molar-refractivity contribution in [2.75, 3.05) is 13.6 Å². The summed E-state index contributed by atoms with van der Waals surface area (Å²) in [6, 6.07) is 2.11. The number of aliphatic hydroxyl groups is 1. The first-order valence-corrected chi connectivity index (χ1v) is 5.84. The third-order valence-corrected chi connectivity index (χ3v) is 3.31. The number of nitrogens with zero attached hydrogens (tertiary/aromatic N) is 1. The summed E-state index contributed by atoms with van der Waals surface area (Å²) in [6.07, 6.45) is -0.256. The minimum Gasteiger partial charge on any atom is -0.392 e. The van der Waals surface area contributed by atoms with Gasteiger partial charge in [0.25, 0.3) is 0 Å². The molecular weight excluding hydrogens is 250 g/mol. The lowest BCUT2D eigenvalue weighted by Crippen LogP contribution is -2.26. The number of aliphatic hydroxyl groups excluding tert-OH is 1. The average Bonchev–Trinajstić information content (AvgIpc) is 2.33. The Morgan fingerprint density at radius 2 is 2.38 bits per heavy atom. The van der Waals surface area contributed by atoms with Crippen molar-refractivity contribution in [3.05, 3.63) is 20.8 Å². The van der Waals surface area contributed by atoms with Gasteiger partial charge in [0.1, 0.15) is 0 Å². The van der Waals surface area contributed by atoms with Crippen LogP contribution < -0.4 is 0 Å². The molecule has 1 rings (SSSR count). The van der Waals surface area contributed by atoms with Gasteiger partial charge in [0.2, 0.25) is 0 Å². The monoisotopic (exact) mass is 263 g/mol. The van der Waals surface area contributed by atoms with Crippen LogP contribution in [0.25, 0.3) is 0 Å². The van der Waals surface area contributed by atoms with Gasteiger partial charge in [0.05, 0.1) is 6.10 Å². The molecule has 0 saturated carbocycles. The highest BCUT2D eigenvalue weighted by atomic mass is 79.9. The van der Waals surface area contributed by atoms with E-state index in [0.29, 0.717) is 0 Å². The fourth-order valence-corrected chi connectivity index (χ4v) is 2.75. The molecule has 1 atom stereocenters. The zero-order chi connectivity index (χ0) is 9.84. The van der Waals surface area contributed by atoms with Crippen LogP contribution in [0.15, 0.2) is 15.9 Å². The summed E-state index contributed by atoms with van der Waals surface area (Å²) in [4.78, 5) is 3.43. The van der Waals surface area contributed by atoms with Crippen molar-refractivity contribution in [2.24, 2.45) is 0 Å². The average molecular weight is 264 g/mol. The molecule has 1 N–H and O–H groups in total. The highest BCUT2D eigenvalue weighted by Crippen LogP contribution is 2.20. The minimum atomic E-state index is -0.256. The molecule has 0 aliphatic rings. The second-order valence-electron chi connectivity index (χ2n) is 3.28. The quantitative estimate of drug-likeness (QED) is 0.902. The van der Waals surface area contributed by atoms with Crippen LogP contribution >= 0.6 is 27.3 Å². The summed E-state index contributed by atoms with van der Waals surface area (Å²) in [6.45, 7) is 3.43. The molecule has 1 heterocycles. The number of halogens is 1. The van der Waals surface area contributed by atoms with Crippen LogP contribution in [0.4, 0.5) is 0 Å². The predicted octanol–water partition coefficient (Wildman–Crippen LogP) is 2.32. The normalized spacial score (nSPS) is 13.6. The van der Waals surface area contributed by atoms with Crippen molar-refractivity contribution in [3.8, 4) is 0 Å². The highest BCUT2D eigenvalue weighted by molar-refractivity contribution is 9.10. The van der Waals surface area contributed by atoms with E-state index in [0.717, 1.165) is 17.6 Å². The van der Waals surface area contributed by atoms with E-state index in [1.165, 1.54) is 4.88 Å². The Morgan fingerprint density at radius 1 is 1.69 bits per heavy atom. The highest BCUT2D eigenvalue weighted by Gasteiger charge is 2.05. The first-order valence-electron chi connectivity index (χ1n) is 4.17. The Bertz CT molecular complexity index is 262. The lowest BCUT2D eigenvalue weighted by Gasteiger charge is -2.16. The molecular formula is C9H14BrNOS. The third kappa shape index (κ3) is 4.22. The maximum atomic E-state index is 9.16. The Balaban J connectivity index is 2.40. The van der Waals surface area contributed by atoms with E-state index in [2.05, 4.69) is 32.3 Å². The van der Waals surface area contributed by atoms with E-state index in [-0.39, 0.29) is 6.10 Å². The summed E-state index contributed by atoms with van der Waals surface area (Å²) in [5.41, 5.74) is 0. The second kappa shape index (κ2) is 5.10. The van der Waals surface area contributed by atoms with Crippen molar-refractivity contribution in [2.45, 2.75) is 19.6 Å². The van der Waals surface area contributed by atoms with Gasteiger partial charge in [-0.3, -0.25) is 4.90 Å². The zero-order valence-electron chi connectivity index (χ0n) is 7.83. The molecule has 4 heteroatoms. The topological polar surface area (TPSA) is 23.5 Å². The van der Waals surface area contributed by atoms with Crippen LogP contribution in [0.1, 0.15) is 11.8 Å². The molecule has 0 radical (unpaired) electrons. The first-order chi connectivity index (χ1) is 6.08. The SMILES string of the molecule is C[C@@H](O)CN(C)Cc1cc(Br)cs1. The fraction of sp³-hybridized carbons (Fsp3) is 0.556. The second-order valence-corrected chi connectivity index (χ2v) is 5.19. The van der Waals surface area contributed by atoms with Crippen molar-refractivity contribution in [1.29, 1.82) is 0 Å². The Kier molecular flexibility index (Phi) is 4.38. The Labute approximate surface area is 91.3 Å². The van der Waals surface area contributed by atoms with Gasteiger partial charge in [-0.25, -0.2) is 0 Å². The van der Waals surface area contributed by atoms with Crippen molar-refractivity contribution < 1.29 is 5.11 Å². The lowest BCUT2D eigenvalue weighted by molar-refractivity contribution is 0.139. The van der Waals surface area contributed by atoms with Crippen LogP contribution in [-0.2, 0) is 6.54 Å². The van der Waals surface area contributed by atoms with Gasteiger partial charge < -0.3 is 5.11 Å². The molecule has 0 spiro atoms. The molecule has 0 fully saturated rings. The van der Waals surface area contributed by atoms with Crippen molar-refractivity contribution >= 4 is 27.3 Å². The predicted molar refractivity (Wildman–Crippen MR) is 60.0 cm³/mol. The summed E-state index contributed by atoms with van der Waals surface area (Å²) in [7, 11) is 2.01. The van der Waals surface area contributed by atoms with E-state index < -0.39 is 0 Å². The molecule has 0 bridgehead atoms. The molecule has 0 aliphatic heterocycles. The first kappa shape index (κ1) is 11.2. The number of hydrogen-bond acceptors (Lipinski definition) is 3. The van der Waals surface area contributed by atoms with E-state index in [1.807, 2.05) is 7.05 Å². The largest absolute Gasteiger partial charge is 0.392 e. The van der Waals surface area contributed by atoms with Crippen LogP contribution in [0.3, 0.4) is 0 Å². The summed E-state index contributed by atoms with van der Waals surface area (Å²) in [5, 5.41) is 11.2. The van der Waals surface area contributed by atoms with E-state index in [1.54, 1.807) is 18.3 Å². The molecule has 2 nitrogen and oxygen atoms in total. The van der Waals surface area contributed by atoms with Crippen LogP contribution in [0.2, 0.25) is 0 Å². The van der Waals surface area contributed by atoms with Crippen LogP contribution in [0, 0.1) is 0 Å². The molecule has 0 amide bonds. The maximum absolute atomic E-state index is 9.16. The molecule has 74 valence electrons. The lowest BCUT2D eigenvalue weighted by atomic mass is 10.3.